The summed E-state index contributed by atoms with van der Waals surface area (Å²) in [6.07, 6.45) is 68.2. The van der Waals surface area contributed by atoms with Crippen LogP contribution in [0.5, 0.6) is 0 Å². The number of hydrogen-bond donors (Lipinski definition) is 3. The zero-order valence-corrected chi connectivity index (χ0v) is 39.4. The number of carbonyl (C=O) groups is 2. The fourth-order valence-electron chi connectivity index (χ4n) is 6.36. The topological polar surface area (TPSA) is 95.9 Å². The lowest BCUT2D eigenvalue weighted by Crippen LogP contribution is -2.46. The molecule has 0 saturated heterocycles. The highest BCUT2D eigenvalue weighted by molar-refractivity contribution is 5.77. The van der Waals surface area contributed by atoms with Crippen molar-refractivity contribution in [3.63, 3.8) is 0 Å². The lowest BCUT2D eigenvalue weighted by molar-refractivity contribution is -0.150. The maximum Gasteiger partial charge on any atom is 0.306 e. The Hall–Kier alpha value is -4.00. The largest absolute Gasteiger partial charge is 0.461 e. The van der Waals surface area contributed by atoms with Crippen molar-refractivity contribution in [1.82, 2.24) is 5.32 Å². The molecule has 62 heavy (non-hydrogen) atoms. The molecule has 0 rings (SSSR count). The van der Waals surface area contributed by atoms with Gasteiger partial charge in [0.1, 0.15) is 6.10 Å². The number of hydrogen-bond acceptors (Lipinski definition) is 5. The number of unbranched alkanes of at least 4 members (excludes halogenated alkanes) is 8. The van der Waals surface area contributed by atoms with Crippen LogP contribution < -0.4 is 5.32 Å². The second-order valence-corrected chi connectivity index (χ2v) is 15.8. The second-order valence-electron chi connectivity index (χ2n) is 15.8. The van der Waals surface area contributed by atoms with Gasteiger partial charge in [-0.2, -0.15) is 0 Å². The molecule has 0 aliphatic heterocycles. The van der Waals surface area contributed by atoms with Gasteiger partial charge in [-0.05, 0) is 83.5 Å². The van der Waals surface area contributed by atoms with Crippen molar-refractivity contribution in [2.75, 3.05) is 6.61 Å². The van der Waals surface area contributed by atoms with Gasteiger partial charge in [0.2, 0.25) is 5.91 Å². The molecule has 0 fully saturated rings. The van der Waals surface area contributed by atoms with E-state index >= 15 is 0 Å². The van der Waals surface area contributed by atoms with Crippen molar-refractivity contribution in [3.05, 3.63) is 134 Å². The minimum absolute atomic E-state index is 0.0405. The summed E-state index contributed by atoms with van der Waals surface area (Å²) in [7, 11) is 0. The Balaban J connectivity index is 4.88. The number of amides is 1. The molecule has 0 heterocycles. The van der Waals surface area contributed by atoms with Gasteiger partial charge in [0.15, 0.2) is 0 Å². The van der Waals surface area contributed by atoms with Crippen molar-refractivity contribution in [3.8, 4) is 0 Å². The first-order valence-corrected chi connectivity index (χ1v) is 24.4. The Morgan fingerprint density at radius 2 is 0.871 bits per heavy atom. The van der Waals surface area contributed by atoms with Gasteiger partial charge in [0, 0.05) is 12.8 Å². The van der Waals surface area contributed by atoms with Gasteiger partial charge >= 0.3 is 5.97 Å². The van der Waals surface area contributed by atoms with E-state index in [0.717, 1.165) is 89.9 Å². The van der Waals surface area contributed by atoms with Gasteiger partial charge in [-0.15, -0.1) is 0 Å². The highest BCUT2D eigenvalue weighted by Crippen LogP contribution is 2.14. The lowest BCUT2D eigenvalue weighted by Gasteiger charge is -2.24. The third-order valence-electron chi connectivity index (χ3n) is 9.99. The van der Waals surface area contributed by atoms with E-state index in [-0.39, 0.29) is 31.3 Å². The Kier molecular flexibility index (Phi) is 44.9. The monoisotopic (exact) mass is 856 g/mol. The minimum Gasteiger partial charge on any atom is -0.461 e. The molecular weight excluding hydrogens is 767 g/mol. The Bertz CT molecular complexity index is 1370. The van der Waals surface area contributed by atoms with Crippen LogP contribution in [-0.2, 0) is 14.3 Å². The average Bonchev–Trinajstić information content (AvgIpc) is 3.26. The van der Waals surface area contributed by atoms with Gasteiger partial charge in [0.25, 0.3) is 0 Å². The van der Waals surface area contributed by atoms with Gasteiger partial charge < -0.3 is 20.3 Å². The molecule has 6 nitrogen and oxygen atoms in total. The molecular formula is C56H89NO5. The Labute approximate surface area is 380 Å². The van der Waals surface area contributed by atoms with Gasteiger partial charge in [-0.1, -0.05) is 212 Å². The summed E-state index contributed by atoms with van der Waals surface area (Å²) >= 11 is 0. The molecule has 0 spiro atoms. The van der Waals surface area contributed by atoms with Crippen LogP contribution in [-0.4, -0.2) is 46.9 Å². The van der Waals surface area contributed by atoms with Crippen LogP contribution in [0.25, 0.3) is 0 Å². The van der Waals surface area contributed by atoms with E-state index in [1.807, 2.05) is 18.2 Å². The summed E-state index contributed by atoms with van der Waals surface area (Å²) in [5.74, 6) is -0.698. The van der Waals surface area contributed by atoms with Crippen LogP contribution >= 0.6 is 0 Å². The normalized spacial score (nSPS) is 14.5. The zero-order valence-electron chi connectivity index (χ0n) is 39.4. The molecule has 0 saturated carbocycles. The first kappa shape index (κ1) is 58.0. The first-order chi connectivity index (χ1) is 30.5. The summed E-state index contributed by atoms with van der Waals surface area (Å²) < 4.78 is 5.81. The van der Waals surface area contributed by atoms with Crippen LogP contribution in [0.3, 0.4) is 0 Å². The number of aliphatic hydroxyl groups is 2. The molecule has 0 radical (unpaired) electrons. The van der Waals surface area contributed by atoms with Crippen molar-refractivity contribution < 1.29 is 24.5 Å². The highest BCUT2D eigenvalue weighted by atomic mass is 16.5. The summed E-state index contributed by atoms with van der Waals surface area (Å²) in [4.78, 5) is 26.0. The molecule has 0 aromatic carbocycles. The van der Waals surface area contributed by atoms with E-state index in [1.165, 1.54) is 38.5 Å². The molecule has 0 aromatic heterocycles. The second kappa shape index (κ2) is 48.0. The molecule has 3 N–H and O–H groups in total. The van der Waals surface area contributed by atoms with Crippen molar-refractivity contribution >= 4 is 11.9 Å². The SMILES string of the molecule is CC/C=C\C/C=C\C/C=C\C/C=C\C/C=C\C/C=C\CCC(=O)OC(C/C=C\C/C=C\C/C=C\C/C=C\C/C=C\CC)CC(=O)NC(CO)C(O)CCCCCCCCCCC. The van der Waals surface area contributed by atoms with Gasteiger partial charge in [-0.3, -0.25) is 9.59 Å². The number of rotatable bonds is 41. The summed E-state index contributed by atoms with van der Waals surface area (Å²) in [5.41, 5.74) is 0. The van der Waals surface area contributed by atoms with Crippen molar-refractivity contribution in [2.24, 2.45) is 0 Å². The molecule has 348 valence electrons. The van der Waals surface area contributed by atoms with Gasteiger partial charge in [-0.25, -0.2) is 0 Å². The van der Waals surface area contributed by atoms with E-state index < -0.39 is 18.2 Å². The number of aliphatic hydroxyl groups excluding tert-OH is 2. The zero-order chi connectivity index (χ0) is 45.2. The standard InChI is InChI=1S/C56H89NO5/c1-4-7-10-13-16-19-21-23-25-26-27-28-30-32-34-37-40-43-46-49-56(61)62-52(47-44-41-38-36-33-31-29-24-22-20-17-14-11-8-5-2)50-55(60)57-53(51-58)54(59)48-45-42-39-35-18-15-12-9-6-3/h7-8,10-11,16-17,19-20,23-25,27-29,32-34,36,40-41,43-44,52-54,58-59H,4-6,9,12-15,18,21-22,26,30-31,35,37-39,42,45-51H2,1-3H3,(H,57,60)/b10-7-,11-8-,19-16-,20-17-,25-23-,28-27-,29-24-,34-32-,36-33-,43-40-,44-41-. The van der Waals surface area contributed by atoms with E-state index in [2.05, 4.69) is 142 Å². The molecule has 0 bridgehead atoms. The highest BCUT2D eigenvalue weighted by Gasteiger charge is 2.23. The van der Waals surface area contributed by atoms with Crippen molar-refractivity contribution in [1.29, 1.82) is 0 Å². The summed E-state index contributed by atoms with van der Waals surface area (Å²) in [5, 5.41) is 23.6. The predicted octanol–water partition coefficient (Wildman–Crippen LogP) is 14.7. The maximum atomic E-state index is 13.1. The Morgan fingerprint density at radius 3 is 1.27 bits per heavy atom. The predicted molar refractivity (Wildman–Crippen MR) is 268 cm³/mol. The van der Waals surface area contributed by atoms with Crippen LogP contribution in [0.1, 0.15) is 181 Å². The summed E-state index contributed by atoms with van der Waals surface area (Å²) in [6, 6.07) is -0.755. The average molecular weight is 856 g/mol. The van der Waals surface area contributed by atoms with E-state index in [1.54, 1.807) is 0 Å². The third-order valence-corrected chi connectivity index (χ3v) is 9.99. The van der Waals surface area contributed by atoms with E-state index in [0.29, 0.717) is 19.3 Å². The molecule has 6 heteroatoms. The van der Waals surface area contributed by atoms with Gasteiger partial charge in [0.05, 0.1) is 25.2 Å². The maximum absolute atomic E-state index is 13.1. The number of ether oxygens (including phenoxy) is 1. The Morgan fingerprint density at radius 1 is 0.500 bits per heavy atom. The fourth-order valence-corrected chi connectivity index (χ4v) is 6.36. The first-order valence-electron chi connectivity index (χ1n) is 24.4. The van der Waals surface area contributed by atoms with E-state index in [4.69, 9.17) is 4.74 Å². The molecule has 3 atom stereocenters. The molecule has 0 aliphatic carbocycles. The smallest absolute Gasteiger partial charge is 0.306 e. The van der Waals surface area contributed by atoms with Crippen LogP contribution in [0.15, 0.2) is 134 Å². The molecule has 0 aliphatic rings. The number of esters is 1. The number of allylic oxidation sites excluding steroid dienone is 21. The fraction of sp³-hybridized carbons (Fsp3) is 0.571. The number of nitrogens with one attached hydrogen (secondary N) is 1. The summed E-state index contributed by atoms with van der Waals surface area (Å²) in [6.45, 7) is 6.16. The van der Waals surface area contributed by atoms with Crippen LogP contribution in [0.2, 0.25) is 0 Å². The third kappa shape index (κ3) is 42.7. The van der Waals surface area contributed by atoms with Crippen LogP contribution in [0, 0.1) is 0 Å². The molecule has 0 aromatic rings. The molecule has 3 unspecified atom stereocenters. The quantitative estimate of drug-likeness (QED) is 0.0323. The molecule has 1 amide bonds. The van der Waals surface area contributed by atoms with Crippen LogP contribution in [0.4, 0.5) is 0 Å². The van der Waals surface area contributed by atoms with E-state index in [9.17, 15) is 19.8 Å². The van der Waals surface area contributed by atoms with Crippen molar-refractivity contribution in [2.45, 2.75) is 200 Å². The lowest BCUT2D eigenvalue weighted by atomic mass is 10.0. The minimum atomic E-state index is -0.832. The number of carbonyl (C=O) groups excluding carboxylic acids is 2.